The number of hydrogen-bond acceptors (Lipinski definition) is 3. The number of hydrogen-bond donors (Lipinski definition) is 2. The molecule has 1 aromatic carbocycles. The number of nitrogens with zero attached hydrogens (tertiary/aromatic N) is 1. The van der Waals surface area contributed by atoms with Gasteiger partial charge in [-0.05, 0) is 38.8 Å². The largest absolute Gasteiger partial charge is 0.444 e. The average Bonchev–Trinajstić information content (AvgIpc) is 2.35. The van der Waals surface area contributed by atoms with Crippen molar-refractivity contribution in [3.8, 4) is 0 Å². The van der Waals surface area contributed by atoms with Crippen LogP contribution in [0.4, 0.5) is 16.2 Å². The monoisotopic (exact) mass is 273 g/mol. The first-order valence-corrected chi connectivity index (χ1v) is 6.61. The molecule has 0 bridgehead atoms. The van der Waals surface area contributed by atoms with Crippen LogP contribution in [0.15, 0.2) is 18.2 Å². The molecule has 5 heteroatoms. The van der Waals surface area contributed by atoms with Crippen LogP contribution in [0.25, 0.3) is 4.85 Å². The van der Waals surface area contributed by atoms with Crippen LogP contribution >= 0.6 is 0 Å². The predicted molar refractivity (Wildman–Crippen MR) is 78.1 cm³/mol. The zero-order valence-corrected chi connectivity index (χ0v) is 12.0. The number of alkyl carbamates (subject to hydrolysis) is 1. The van der Waals surface area contributed by atoms with Gasteiger partial charge in [0, 0.05) is 12.2 Å². The predicted octanol–water partition coefficient (Wildman–Crippen LogP) is 3.10. The molecular weight excluding hydrogens is 254 g/mol. The van der Waals surface area contributed by atoms with Gasteiger partial charge in [-0.15, -0.1) is 0 Å². The Balaban J connectivity index is 2.00. The van der Waals surface area contributed by atoms with E-state index < -0.39 is 11.7 Å². The Morgan fingerprint density at radius 3 is 2.90 bits per heavy atom. The number of ether oxygens (including phenoxy) is 1. The van der Waals surface area contributed by atoms with Crippen LogP contribution in [0.3, 0.4) is 0 Å². The maximum absolute atomic E-state index is 11.8. The highest BCUT2D eigenvalue weighted by Gasteiger charge is 2.23. The maximum atomic E-state index is 11.8. The molecule has 0 aromatic heterocycles. The maximum Gasteiger partial charge on any atom is 0.407 e. The van der Waals surface area contributed by atoms with E-state index >= 15 is 0 Å². The van der Waals surface area contributed by atoms with E-state index in [9.17, 15) is 4.79 Å². The number of benzene rings is 1. The smallest absolute Gasteiger partial charge is 0.407 e. The van der Waals surface area contributed by atoms with Crippen molar-refractivity contribution in [2.75, 3.05) is 11.9 Å². The molecule has 0 fully saturated rings. The highest BCUT2D eigenvalue weighted by molar-refractivity contribution is 5.69. The van der Waals surface area contributed by atoms with Crippen molar-refractivity contribution in [2.45, 2.75) is 38.8 Å². The van der Waals surface area contributed by atoms with Crippen molar-refractivity contribution in [3.05, 3.63) is 35.2 Å². The lowest BCUT2D eigenvalue weighted by atomic mass is 9.99. The van der Waals surface area contributed by atoms with E-state index in [-0.39, 0.29) is 6.04 Å². The molecule has 0 aliphatic carbocycles. The molecule has 0 spiro atoms. The number of carbonyl (C=O) groups is 1. The minimum absolute atomic E-state index is 0.0293. The van der Waals surface area contributed by atoms with E-state index in [1.54, 1.807) is 6.07 Å². The second-order valence-electron chi connectivity index (χ2n) is 5.88. The summed E-state index contributed by atoms with van der Waals surface area (Å²) in [6, 6.07) is 5.53. The molecule has 0 radical (unpaired) electrons. The van der Waals surface area contributed by atoms with E-state index in [4.69, 9.17) is 11.3 Å². The first-order valence-electron chi connectivity index (χ1n) is 6.61. The number of carbonyl (C=O) groups excluding carboxylic acids is 1. The van der Waals surface area contributed by atoms with Gasteiger partial charge < -0.3 is 15.4 Å². The second kappa shape index (κ2) is 5.41. The molecule has 0 saturated heterocycles. The molecule has 2 rings (SSSR count). The van der Waals surface area contributed by atoms with Gasteiger partial charge in [-0.25, -0.2) is 9.64 Å². The Hall–Kier alpha value is -2.22. The number of rotatable bonds is 1. The summed E-state index contributed by atoms with van der Waals surface area (Å²) >= 11 is 0. The summed E-state index contributed by atoms with van der Waals surface area (Å²) in [5, 5.41) is 6.11. The molecule has 106 valence electrons. The van der Waals surface area contributed by atoms with Crippen LogP contribution in [0.5, 0.6) is 0 Å². The minimum atomic E-state index is -0.499. The fraction of sp³-hybridized carbons (Fsp3) is 0.467. The van der Waals surface area contributed by atoms with Crippen LogP contribution in [0, 0.1) is 6.57 Å². The fourth-order valence-electron chi connectivity index (χ4n) is 2.14. The fourth-order valence-corrected chi connectivity index (χ4v) is 2.14. The van der Waals surface area contributed by atoms with Crippen LogP contribution in [-0.4, -0.2) is 24.3 Å². The molecule has 0 saturated carbocycles. The second-order valence-corrected chi connectivity index (χ2v) is 5.88. The highest BCUT2D eigenvalue weighted by Crippen LogP contribution is 2.26. The molecule has 2 N–H and O–H groups in total. The number of anilines is 1. The average molecular weight is 273 g/mol. The summed E-state index contributed by atoms with van der Waals surface area (Å²) in [4.78, 5) is 15.2. The first-order chi connectivity index (χ1) is 9.37. The lowest BCUT2D eigenvalue weighted by molar-refractivity contribution is 0.0506. The van der Waals surface area contributed by atoms with Crippen molar-refractivity contribution < 1.29 is 9.53 Å². The zero-order valence-electron chi connectivity index (χ0n) is 12.0. The third-order valence-electron chi connectivity index (χ3n) is 2.94. The molecular formula is C15H19N3O2. The number of fused-ring (bicyclic) bond motifs is 1. The van der Waals surface area contributed by atoms with Gasteiger partial charge in [0.25, 0.3) is 0 Å². The summed E-state index contributed by atoms with van der Waals surface area (Å²) in [7, 11) is 0. The zero-order chi connectivity index (χ0) is 14.8. The standard InChI is InChI=1S/C15H19N3O2/c1-15(2,3)20-14(19)18-12-8-10-7-11(16-4)5-6-13(10)17-9-12/h5-7,12,17H,8-9H2,1-3H3,(H,18,19). The summed E-state index contributed by atoms with van der Waals surface area (Å²) in [6.07, 6.45) is 0.291. The van der Waals surface area contributed by atoms with Crippen LogP contribution < -0.4 is 10.6 Å². The van der Waals surface area contributed by atoms with Crippen LogP contribution in [0.1, 0.15) is 26.3 Å². The summed E-state index contributed by atoms with van der Waals surface area (Å²) < 4.78 is 5.25. The Labute approximate surface area is 119 Å². The van der Waals surface area contributed by atoms with Crippen molar-refractivity contribution in [2.24, 2.45) is 0 Å². The molecule has 1 heterocycles. The van der Waals surface area contributed by atoms with Crippen molar-refractivity contribution in [1.29, 1.82) is 0 Å². The van der Waals surface area contributed by atoms with Crippen molar-refractivity contribution in [1.82, 2.24) is 5.32 Å². The lowest BCUT2D eigenvalue weighted by Crippen LogP contribution is -2.45. The normalized spacial score (nSPS) is 17.4. The summed E-state index contributed by atoms with van der Waals surface area (Å²) in [5.74, 6) is 0. The Bertz CT molecular complexity index is 555. The van der Waals surface area contributed by atoms with E-state index in [0.717, 1.165) is 11.3 Å². The number of nitrogens with one attached hydrogen (secondary N) is 2. The van der Waals surface area contributed by atoms with E-state index in [0.29, 0.717) is 18.7 Å². The van der Waals surface area contributed by atoms with Gasteiger partial charge in [0.05, 0.1) is 12.6 Å². The van der Waals surface area contributed by atoms with Crippen LogP contribution in [0.2, 0.25) is 0 Å². The molecule has 1 aliphatic heterocycles. The van der Waals surface area contributed by atoms with Crippen molar-refractivity contribution in [3.63, 3.8) is 0 Å². The van der Waals surface area contributed by atoms with Gasteiger partial charge in [0.15, 0.2) is 5.69 Å². The van der Waals surface area contributed by atoms with Crippen LogP contribution in [-0.2, 0) is 11.2 Å². The molecule has 20 heavy (non-hydrogen) atoms. The van der Waals surface area contributed by atoms with E-state index in [1.165, 1.54) is 0 Å². The van der Waals surface area contributed by atoms with Gasteiger partial charge in [0.1, 0.15) is 5.60 Å². The molecule has 1 amide bonds. The van der Waals surface area contributed by atoms with Gasteiger partial charge in [0.2, 0.25) is 0 Å². The summed E-state index contributed by atoms with van der Waals surface area (Å²) in [5.41, 5.74) is 2.19. The van der Waals surface area contributed by atoms with E-state index in [2.05, 4.69) is 15.5 Å². The topological polar surface area (TPSA) is 54.7 Å². The van der Waals surface area contributed by atoms with Gasteiger partial charge >= 0.3 is 6.09 Å². The van der Waals surface area contributed by atoms with Gasteiger partial charge in [-0.3, -0.25) is 0 Å². The molecule has 1 aliphatic rings. The summed E-state index contributed by atoms with van der Waals surface area (Å²) in [6.45, 7) is 13.2. The SMILES string of the molecule is [C-]#[N+]c1ccc2c(c1)CC(NC(=O)OC(C)(C)C)CN2. The Kier molecular flexibility index (Phi) is 3.84. The molecule has 5 nitrogen and oxygen atoms in total. The molecule has 1 aromatic rings. The molecule has 1 atom stereocenters. The Morgan fingerprint density at radius 1 is 1.50 bits per heavy atom. The van der Waals surface area contributed by atoms with Crippen molar-refractivity contribution >= 4 is 17.5 Å². The highest BCUT2D eigenvalue weighted by atomic mass is 16.6. The lowest BCUT2D eigenvalue weighted by Gasteiger charge is -2.28. The quantitative estimate of drug-likeness (QED) is 0.773. The molecule has 1 unspecified atom stereocenters. The third kappa shape index (κ3) is 3.64. The van der Waals surface area contributed by atoms with E-state index in [1.807, 2.05) is 32.9 Å². The Morgan fingerprint density at radius 2 is 2.25 bits per heavy atom. The first kappa shape index (κ1) is 14.2. The number of amides is 1. The van der Waals surface area contributed by atoms with Gasteiger partial charge in [-0.2, -0.15) is 0 Å². The third-order valence-corrected chi connectivity index (χ3v) is 2.94. The van der Waals surface area contributed by atoms with Gasteiger partial charge in [-0.1, -0.05) is 12.1 Å². The minimum Gasteiger partial charge on any atom is -0.444 e.